The highest BCUT2D eigenvalue weighted by atomic mass is 35.5. The van der Waals surface area contributed by atoms with E-state index in [4.69, 9.17) is 0 Å². The molecule has 3 rings (SSSR count). The molecule has 2 fully saturated rings. The molecule has 6 heteroatoms. The zero-order chi connectivity index (χ0) is 15.0. The molecular formula is C16H21ClF2N2O. The molecule has 0 spiro atoms. The van der Waals surface area contributed by atoms with E-state index in [0.29, 0.717) is 12.0 Å². The van der Waals surface area contributed by atoms with Crippen LogP contribution in [0.15, 0.2) is 18.2 Å². The smallest absolute Gasteiger partial charge is 0.224 e. The molecule has 1 aliphatic carbocycles. The summed E-state index contributed by atoms with van der Waals surface area (Å²) in [5.74, 6) is -1.74. The number of nitrogens with one attached hydrogen (secondary N) is 2. The Morgan fingerprint density at radius 2 is 2.09 bits per heavy atom. The second kappa shape index (κ2) is 6.92. The van der Waals surface area contributed by atoms with Crippen molar-refractivity contribution in [2.75, 3.05) is 6.54 Å². The van der Waals surface area contributed by atoms with Crippen LogP contribution in [0.3, 0.4) is 0 Å². The van der Waals surface area contributed by atoms with Gasteiger partial charge in [-0.15, -0.1) is 12.4 Å². The topological polar surface area (TPSA) is 41.1 Å². The van der Waals surface area contributed by atoms with Gasteiger partial charge in [-0.1, -0.05) is 6.07 Å². The van der Waals surface area contributed by atoms with Crippen molar-refractivity contribution in [3.8, 4) is 0 Å². The highest BCUT2D eigenvalue weighted by Crippen LogP contribution is 2.47. The first-order valence-electron chi connectivity index (χ1n) is 7.55. The third-order valence-electron chi connectivity index (χ3n) is 4.59. The molecule has 2 aliphatic rings. The second-order valence-corrected chi connectivity index (χ2v) is 6.12. The molecule has 3 nitrogen and oxygen atoms in total. The van der Waals surface area contributed by atoms with Crippen molar-refractivity contribution in [1.82, 2.24) is 10.6 Å². The summed E-state index contributed by atoms with van der Waals surface area (Å²) in [6.45, 7) is 3.07. The van der Waals surface area contributed by atoms with Crippen LogP contribution in [0, 0.1) is 17.6 Å². The zero-order valence-corrected chi connectivity index (χ0v) is 13.3. The Morgan fingerprint density at radius 1 is 1.32 bits per heavy atom. The lowest BCUT2D eigenvalue weighted by atomic mass is 9.99. The van der Waals surface area contributed by atoms with Crippen molar-refractivity contribution >= 4 is 18.3 Å². The van der Waals surface area contributed by atoms with Gasteiger partial charge in [0.2, 0.25) is 5.91 Å². The third kappa shape index (κ3) is 3.58. The SMILES string of the molecule is CC1NCCCC1NC(=O)C1CC1c1ccc(F)c(F)c1.Cl. The highest BCUT2D eigenvalue weighted by molar-refractivity contribution is 5.85. The van der Waals surface area contributed by atoms with Crippen molar-refractivity contribution in [1.29, 1.82) is 0 Å². The molecule has 1 amide bonds. The quantitative estimate of drug-likeness (QED) is 0.894. The van der Waals surface area contributed by atoms with Gasteiger partial charge in [-0.3, -0.25) is 4.79 Å². The number of hydrogen-bond acceptors (Lipinski definition) is 2. The van der Waals surface area contributed by atoms with Crippen LogP contribution in [0.2, 0.25) is 0 Å². The molecule has 4 unspecified atom stereocenters. The van der Waals surface area contributed by atoms with E-state index in [0.717, 1.165) is 25.5 Å². The Morgan fingerprint density at radius 3 is 2.77 bits per heavy atom. The molecular weight excluding hydrogens is 310 g/mol. The molecule has 1 saturated carbocycles. The Hall–Kier alpha value is -1.20. The number of carbonyl (C=O) groups excluding carboxylic acids is 1. The summed E-state index contributed by atoms with van der Waals surface area (Å²) >= 11 is 0. The maximum atomic E-state index is 13.2. The van der Waals surface area contributed by atoms with Crippen LogP contribution in [0.25, 0.3) is 0 Å². The summed E-state index contributed by atoms with van der Waals surface area (Å²) < 4.78 is 26.2. The average Bonchev–Trinajstić information content (AvgIpc) is 3.25. The van der Waals surface area contributed by atoms with Gasteiger partial charge in [-0.05, 0) is 56.3 Å². The summed E-state index contributed by atoms with van der Waals surface area (Å²) in [5, 5.41) is 6.43. The second-order valence-electron chi connectivity index (χ2n) is 6.12. The molecule has 0 bridgehead atoms. The first-order valence-corrected chi connectivity index (χ1v) is 7.55. The fraction of sp³-hybridized carbons (Fsp3) is 0.562. The number of halogens is 3. The van der Waals surface area contributed by atoms with E-state index in [1.807, 2.05) is 0 Å². The molecule has 22 heavy (non-hydrogen) atoms. The van der Waals surface area contributed by atoms with Gasteiger partial charge in [0.1, 0.15) is 0 Å². The summed E-state index contributed by atoms with van der Waals surface area (Å²) in [6, 6.07) is 4.35. The molecule has 0 aromatic heterocycles. The first-order chi connectivity index (χ1) is 10.1. The minimum Gasteiger partial charge on any atom is -0.352 e. The first kappa shape index (κ1) is 17.2. The van der Waals surface area contributed by atoms with Gasteiger partial charge in [0.05, 0.1) is 0 Å². The van der Waals surface area contributed by atoms with Crippen LogP contribution < -0.4 is 10.6 Å². The molecule has 4 atom stereocenters. The van der Waals surface area contributed by atoms with E-state index in [2.05, 4.69) is 17.6 Å². The minimum absolute atomic E-state index is 0. The van der Waals surface area contributed by atoms with Crippen LogP contribution in [0.5, 0.6) is 0 Å². The van der Waals surface area contributed by atoms with E-state index in [1.54, 1.807) is 6.07 Å². The monoisotopic (exact) mass is 330 g/mol. The van der Waals surface area contributed by atoms with Gasteiger partial charge in [0.15, 0.2) is 11.6 Å². The van der Waals surface area contributed by atoms with Crippen molar-refractivity contribution < 1.29 is 13.6 Å². The van der Waals surface area contributed by atoms with Gasteiger partial charge in [-0.25, -0.2) is 8.78 Å². The molecule has 2 N–H and O–H groups in total. The average molecular weight is 331 g/mol. The standard InChI is InChI=1S/C16H20F2N2O.ClH/c1-9-15(3-2-6-19-9)20-16(21)12-8-11(12)10-4-5-13(17)14(18)7-10;/h4-5,7,9,11-12,15,19H,2-3,6,8H2,1H3,(H,20,21);1H. The van der Waals surface area contributed by atoms with Crippen LogP contribution >= 0.6 is 12.4 Å². The number of piperidine rings is 1. The maximum Gasteiger partial charge on any atom is 0.224 e. The maximum absolute atomic E-state index is 13.2. The zero-order valence-electron chi connectivity index (χ0n) is 12.4. The molecule has 1 aliphatic heterocycles. The lowest BCUT2D eigenvalue weighted by Crippen LogP contribution is -2.52. The number of benzene rings is 1. The van der Waals surface area contributed by atoms with Crippen LogP contribution in [0.4, 0.5) is 8.78 Å². The summed E-state index contributed by atoms with van der Waals surface area (Å²) in [4.78, 5) is 12.2. The number of hydrogen-bond donors (Lipinski definition) is 2. The van der Waals surface area contributed by atoms with E-state index < -0.39 is 11.6 Å². The normalized spacial score (nSPS) is 30.3. The number of rotatable bonds is 3. The highest BCUT2D eigenvalue weighted by Gasteiger charge is 2.45. The molecule has 1 heterocycles. The molecule has 1 aromatic rings. The largest absolute Gasteiger partial charge is 0.352 e. The Kier molecular flexibility index (Phi) is 5.40. The molecule has 122 valence electrons. The van der Waals surface area contributed by atoms with Crippen LogP contribution in [0.1, 0.15) is 37.7 Å². The number of carbonyl (C=O) groups is 1. The third-order valence-corrected chi connectivity index (χ3v) is 4.59. The Bertz CT molecular complexity index is 555. The molecule has 1 aromatic carbocycles. The fourth-order valence-electron chi connectivity index (χ4n) is 3.13. The predicted octanol–water partition coefficient (Wildman–Crippen LogP) is 2.75. The van der Waals surface area contributed by atoms with Gasteiger partial charge >= 0.3 is 0 Å². The predicted molar refractivity (Wildman–Crippen MR) is 83.1 cm³/mol. The summed E-state index contributed by atoms with van der Waals surface area (Å²) in [6.07, 6.45) is 2.76. The van der Waals surface area contributed by atoms with E-state index in [1.165, 1.54) is 6.07 Å². The molecule has 0 radical (unpaired) electrons. The minimum atomic E-state index is -0.845. The van der Waals surface area contributed by atoms with E-state index >= 15 is 0 Å². The van der Waals surface area contributed by atoms with Crippen LogP contribution in [-0.4, -0.2) is 24.5 Å². The van der Waals surface area contributed by atoms with Crippen molar-refractivity contribution in [3.63, 3.8) is 0 Å². The van der Waals surface area contributed by atoms with Crippen LogP contribution in [-0.2, 0) is 4.79 Å². The summed E-state index contributed by atoms with van der Waals surface area (Å²) in [5.41, 5.74) is 0.712. The van der Waals surface area contributed by atoms with Crippen molar-refractivity contribution in [3.05, 3.63) is 35.4 Å². The number of amides is 1. The van der Waals surface area contributed by atoms with Gasteiger partial charge in [-0.2, -0.15) is 0 Å². The lowest BCUT2D eigenvalue weighted by Gasteiger charge is -2.30. The van der Waals surface area contributed by atoms with Gasteiger partial charge in [0.25, 0.3) is 0 Å². The summed E-state index contributed by atoms with van der Waals surface area (Å²) in [7, 11) is 0. The molecule has 1 saturated heterocycles. The van der Waals surface area contributed by atoms with Crippen molar-refractivity contribution in [2.45, 2.75) is 44.2 Å². The van der Waals surface area contributed by atoms with Crippen molar-refractivity contribution in [2.24, 2.45) is 5.92 Å². The Balaban J connectivity index is 0.00000176. The fourth-order valence-corrected chi connectivity index (χ4v) is 3.13. The van der Waals surface area contributed by atoms with Gasteiger partial charge in [0, 0.05) is 18.0 Å². The Labute approximate surface area is 135 Å². The van der Waals surface area contributed by atoms with E-state index in [9.17, 15) is 13.6 Å². The van der Waals surface area contributed by atoms with E-state index in [-0.39, 0.29) is 42.2 Å². The lowest BCUT2D eigenvalue weighted by molar-refractivity contribution is -0.123. The van der Waals surface area contributed by atoms with Gasteiger partial charge < -0.3 is 10.6 Å².